The van der Waals surface area contributed by atoms with Crippen molar-refractivity contribution in [1.29, 1.82) is 0 Å². The second-order valence-electron chi connectivity index (χ2n) is 5.87. The van der Waals surface area contributed by atoms with Gasteiger partial charge in [-0.3, -0.25) is 9.69 Å². The summed E-state index contributed by atoms with van der Waals surface area (Å²) in [6, 6.07) is 10.2. The van der Waals surface area contributed by atoms with Gasteiger partial charge >= 0.3 is 0 Å². The summed E-state index contributed by atoms with van der Waals surface area (Å²) in [6.07, 6.45) is 3.36. The van der Waals surface area contributed by atoms with Crippen molar-refractivity contribution < 1.29 is 4.79 Å². The van der Waals surface area contributed by atoms with Gasteiger partial charge in [0.05, 0.1) is 6.04 Å². The number of amides is 1. The van der Waals surface area contributed by atoms with E-state index in [1.54, 1.807) is 0 Å². The first-order valence-corrected chi connectivity index (χ1v) is 7.36. The lowest BCUT2D eigenvalue weighted by Crippen LogP contribution is -2.52. The number of hydrogen-bond acceptors (Lipinski definition) is 2. The average molecular weight is 258 g/mol. The Morgan fingerprint density at radius 2 is 1.89 bits per heavy atom. The lowest BCUT2D eigenvalue weighted by Gasteiger charge is -2.36. The van der Waals surface area contributed by atoms with Gasteiger partial charge < -0.3 is 4.90 Å². The van der Waals surface area contributed by atoms with Crippen LogP contribution < -0.4 is 4.90 Å². The lowest BCUT2D eigenvalue weighted by molar-refractivity contribution is -0.125. The number of likely N-dealkylation sites (tertiary alicyclic amines) is 1. The number of rotatable bonds is 2. The van der Waals surface area contributed by atoms with Crippen LogP contribution in [-0.4, -0.2) is 36.5 Å². The predicted octanol–water partition coefficient (Wildman–Crippen LogP) is 2.52. The van der Waals surface area contributed by atoms with Crippen LogP contribution in [0.2, 0.25) is 0 Å². The van der Waals surface area contributed by atoms with Gasteiger partial charge in [0.15, 0.2) is 0 Å². The molecule has 0 saturated carbocycles. The smallest absolute Gasteiger partial charge is 0.244 e. The van der Waals surface area contributed by atoms with E-state index in [0.29, 0.717) is 5.91 Å². The van der Waals surface area contributed by atoms with Crippen molar-refractivity contribution in [3.63, 3.8) is 0 Å². The monoisotopic (exact) mass is 258 g/mol. The van der Waals surface area contributed by atoms with Crippen LogP contribution in [0.3, 0.4) is 0 Å². The van der Waals surface area contributed by atoms with Gasteiger partial charge in [0.1, 0.15) is 0 Å². The van der Waals surface area contributed by atoms with Gasteiger partial charge in [-0.25, -0.2) is 0 Å². The highest BCUT2D eigenvalue weighted by Crippen LogP contribution is 2.27. The number of carbonyl (C=O) groups is 1. The molecule has 1 aromatic rings. The van der Waals surface area contributed by atoms with Crippen molar-refractivity contribution in [3.8, 4) is 0 Å². The third kappa shape index (κ3) is 2.52. The van der Waals surface area contributed by atoms with E-state index in [2.05, 4.69) is 11.8 Å². The van der Waals surface area contributed by atoms with E-state index < -0.39 is 0 Å². The first-order chi connectivity index (χ1) is 9.25. The fourth-order valence-corrected chi connectivity index (χ4v) is 3.31. The highest BCUT2D eigenvalue weighted by atomic mass is 16.2. The van der Waals surface area contributed by atoms with Crippen molar-refractivity contribution in [1.82, 2.24) is 4.90 Å². The summed E-state index contributed by atoms with van der Waals surface area (Å²) in [6.45, 7) is 5.31. The Kier molecular flexibility index (Phi) is 3.56. The first-order valence-electron chi connectivity index (χ1n) is 7.36. The normalized spacial score (nSPS) is 28.9. The molecule has 0 aliphatic carbocycles. The maximum Gasteiger partial charge on any atom is 0.244 e. The Balaban J connectivity index is 1.76. The molecular formula is C16H22N2O. The summed E-state index contributed by atoms with van der Waals surface area (Å²) in [5.74, 6) is 1.03. The summed E-state index contributed by atoms with van der Waals surface area (Å²) in [5.41, 5.74) is 1.05. The van der Waals surface area contributed by atoms with Crippen molar-refractivity contribution in [2.24, 2.45) is 5.92 Å². The standard InChI is InChI=1S/C16H22N2O/c1-13-9-11-17(12-13)15-8-5-10-18(16(15)19)14-6-3-2-4-7-14/h2-4,6-7,13,15H,5,8-12H2,1H3. The first kappa shape index (κ1) is 12.7. The summed E-state index contributed by atoms with van der Waals surface area (Å²) < 4.78 is 0. The number of nitrogens with zero attached hydrogens (tertiary/aromatic N) is 2. The van der Waals surface area contributed by atoms with Crippen molar-refractivity contribution in [2.75, 3.05) is 24.5 Å². The Labute approximate surface area is 115 Å². The van der Waals surface area contributed by atoms with E-state index in [4.69, 9.17) is 0 Å². The van der Waals surface area contributed by atoms with E-state index >= 15 is 0 Å². The average Bonchev–Trinajstić information content (AvgIpc) is 2.86. The zero-order chi connectivity index (χ0) is 13.2. The molecule has 2 fully saturated rings. The molecule has 2 saturated heterocycles. The Bertz CT molecular complexity index is 445. The fourth-order valence-electron chi connectivity index (χ4n) is 3.31. The zero-order valence-electron chi connectivity index (χ0n) is 11.6. The molecule has 19 heavy (non-hydrogen) atoms. The van der Waals surface area contributed by atoms with Crippen LogP contribution in [0.15, 0.2) is 30.3 Å². The molecule has 2 atom stereocenters. The molecule has 102 valence electrons. The Morgan fingerprint density at radius 3 is 2.58 bits per heavy atom. The molecule has 3 rings (SSSR count). The molecule has 3 heteroatoms. The third-order valence-electron chi connectivity index (χ3n) is 4.37. The number of hydrogen-bond donors (Lipinski definition) is 0. The van der Waals surface area contributed by atoms with E-state index in [-0.39, 0.29) is 6.04 Å². The molecule has 2 aliphatic rings. The molecule has 0 radical (unpaired) electrons. The van der Waals surface area contributed by atoms with E-state index in [0.717, 1.165) is 44.1 Å². The lowest BCUT2D eigenvalue weighted by atomic mass is 10.0. The van der Waals surface area contributed by atoms with Crippen molar-refractivity contribution in [3.05, 3.63) is 30.3 Å². The fraction of sp³-hybridized carbons (Fsp3) is 0.562. The van der Waals surface area contributed by atoms with E-state index in [9.17, 15) is 4.79 Å². The molecule has 0 N–H and O–H groups in total. The molecule has 2 aliphatic heterocycles. The van der Waals surface area contributed by atoms with Crippen LogP contribution in [0.1, 0.15) is 26.2 Å². The maximum absolute atomic E-state index is 12.7. The largest absolute Gasteiger partial charge is 0.311 e. The Morgan fingerprint density at radius 1 is 1.11 bits per heavy atom. The van der Waals surface area contributed by atoms with Gasteiger partial charge in [0.25, 0.3) is 0 Å². The molecule has 1 amide bonds. The molecule has 2 unspecified atom stereocenters. The molecule has 1 aromatic carbocycles. The van der Waals surface area contributed by atoms with E-state index in [1.807, 2.05) is 35.2 Å². The second kappa shape index (κ2) is 5.33. The minimum Gasteiger partial charge on any atom is -0.311 e. The predicted molar refractivity (Wildman–Crippen MR) is 77.2 cm³/mol. The molecular weight excluding hydrogens is 236 g/mol. The molecule has 3 nitrogen and oxygen atoms in total. The second-order valence-corrected chi connectivity index (χ2v) is 5.87. The minimum atomic E-state index is 0.110. The van der Waals surface area contributed by atoms with E-state index in [1.165, 1.54) is 6.42 Å². The number of carbonyl (C=O) groups excluding carboxylic acids is 1. The van der Waals surface area contributed by atoms with Crippen LogP contribution in [0.25, 0.3) is 0 Å². The van der Waals surface area contributed by atoms with Crippen LogP contribution in [0, 0.1) is 5.92 Å². The van der Waals surface area contributed by atoms with Gasteiger partial charge in [-0.2, -0.15) is 0 Å². The maximum atomic E-state index is 12.7. The number of piperidine rings is 1. The summed E-state index contributed by atoms with van der Waals surface area (Å²) in [7, 11) is 0. The van der Waals surface area contributed by atoms with Gasteiger partial charge in [-0.1, -0.05) is 25.1 Å². The highest BCUT2D eigenvalue weighted by molar-refractivity contribution is 5.97. The van der Waals surface area contributed by atoms with Crippen LogP contribution in [-0.2, 0) is 4.79 Å². The Hall–Kier alpha value is -1.35. The van der Waals surface area contributed by atoms with Gasteiger partial charge in [0.2, 0.25) is 5.91 Å². The number of benzene rings is 1. The molecule has 0 bridgehead atoms. The van der Waals surface area contributed by atoms with Crippen molar-refractivity contribution in [2.45, 2.75) is 32.2 Å². The van der Waals surface area contributed by atoms with Gasteiger partial charge in [-0.15, -0.1) is 0 Å². The molecule has 2 heterocycles. The third-order valence-corrected chi connectivity index (χ3v) is 4.37. The van der Waals surface area contributed by atoms with Crippen LogP contribution in [0.4, 0.5) is 5.69 Å². The topological polar surface area (TPSA) is 23.6 Å². The van der Waals surface area contributed by atoms with Crippen LogP contribution >= 0.6 is 0 Å². The highest BCUT2D eigenvalue weighted by Gasteiger charge is 2.36. The minimum absolute atomic E-state index is 0.110. The molecule has 0 spiro atoms. The van der Waals surface area contributed by atoms with Gasteiger partial charge in [0, 0.05) is 18.8 Å². The number of anilines is 1. The van der Waals surface area contributed by atoms with Crippen molar-refractivity contribution >= 4 is 11.6 Å². The summed E-state index contributed by atoms with van der Waals surface area (Å²) >= 11 is 0. The molecule has 0 aromatic heterocycles. The summed E-state index contributed by atoms with van der Waals surface area (Å²) in [4.78, 5) is 17.1. The quantitative estimate of drug-likeness (QED) is 0.814. The van der Waals surface area contributed by atoms with Gasteiger partial charge in [-0.05, 0) is 43.9 Å². The summed E-state index contributed by atoms with van der Waals surface area (Å²) in [5, 5.41) is 0. The van der Waals surface area contributed by atoms with Crippen LogP contribution in [0.5, 0.6) is 0 Å². The SMILES string of the molecule is CC1CCN(C2CCCN(c3ccccc3)C2=O)C1. The number of para-hydroxylation sites is 1. The zero-order valence-corrected chi connectivity index (χ0v) is 11.6.